The van der Waals surface area contributed by atoms with Crippen molar-refractivity contribution < 1.29 is 9.53 Å². The minimum absolute atomic E-state index is 0. The Kier molecular flexibility index (Phi) is 10.1. The van der Waals surface area contributed by atoms with Gasteiger partial charge in [0.25, 0.3) is 5.91 Å². The highest BCUT2D eigenvalue weighted by Crippen LogP contribution is 2.31. The lowest BCUT2D eigenvalue weighted by atomic mass is 10.2. The second-order valence-electron chi connectivity index (χ2n) is 5.98. The zero-order valence-electron chi connectivity index (χ0n) is 15.6. The quantitative estimate of drug-likeness (QED) is 0.208. The predicted molar refractivity (Wildman–Crippen MR) is 118 cm³/mol. The zero-order chi connectivity index (χ0) is 18.1. The van der Waals surface area contributed by atoms with Crippen molar-refractivity contribution in [2.45, 2.75) is 19.3 Å². The van der Waals surface area contributed by atoms with E-state index in [9.17, 15) is 4.79 Å². The lowest BCUT2D eigenvalue weighted by Crippen LogP contribution is -2.42. The van der Waals surface area contributed by atoms with Crippen LogP contribution < -0.4 is 15.0 Å². The fourth-order valence-corrected chi connectivity index (χ4v) is 2.80. The van der Waals surface area contributed by atoms with Crippen LogP contribution >= 0.6 is 24.0 Å². The average molecular weight is 472 g/mol. The number of nitrogens with one attached hydrogen (secondary N) is 1. The third-order valence-electron chi connectivity index (χ3n) is 4.13. The normalized spacial score (nSPS) is 13.4. The Labute approximate surface area is 173 Å². The monoisotopic (exact) mass is 472 g/mol. The molecule has 2 rings (SSSR count). The minimum atomic E-state index is 0. The van der Waals surface area contributed by atoms with Crippen LogP contribution in [0.4, 0.5) is 5.69 Å². The maximum Gasteiger partial charge on any atom is 0.265 e. The maximum atomic E-state index is 12.1. The summed E-state index contributed by atoms with van der Waals surface area (Å²) < 4.78 is 5.47. The van der Waals surface area contributed by atoms with E-state index in [4.69, 9.17) is 4.74 Å². The van der Waals surface area contributed by atoms with Crippen molar-refractivity contribution in [2.24, 2.45) is 4.99 Å². The van der Waals surface area contributed by atoms with Crippen molar-refractivity contribution in [1.29, 1.82) is 0 Å². The lowest BCUT2D eigenvalue weighted by Gasteiger charge is -2.29. The number of unbranched alkanes of at least 4 members (excludes halogenated alkanes) is 1. The lowest BCUT2D eigenvalue weighted by molar-refractivity contribution is -0.121. The molecule has 0 saturated heterocycles. The molecular formula is C19H29IN4O2. The van der Waals surface area contributed by atoms with Gasteiger partial charge in [0.15, 0.2) is 12.6 Å². The van der Waals surface area contributed by atoms with Crippen LogP contribution in [0.5, 0.6) is 5.75 Å². The number of hydrogen-bond donors (Lipinski definition) is 1. The van der Waals surface area contributed by atoms with Crippen LogP contribution in [-0.4, -0.2) is 57.1 Å². The summed E-state index contributed by atoms with van der Waals surface area (Å²) in [6.07, 6.45) is 4.82. The van der Waals surface area contributed by atoms with Crippen molar-refractivity contribution in [2.75, 3.05) is 45.2 Å². The number of hydrogen-bond acceptors (Lipinski definition) is 3. The van der Waals surface area contributed by atoms with Crippen molar-refractivity contribution in [3.05, 3.63) is 36.9 Å². The number of rotatable bonds is 8. The number of halogens is 1. The first-order valence-electron chi connectivity index (χ1n) is 8.72. The smallest absolute Gasteiger partial charge is 0.265 e. The molecule has 7 heteroatoms. The van der Waals surface area contributed by atoms with Crippen molar-refractivity contribution in [3.63, 3.8) is 0 Å². The van der Waals surface area contributed by atoms with Crippen molar-refractivity contribution in [1.82, 2.24) is 10.2 Å². The summed E-state index contributed by atoms with van der Waals surface area (Å²) >= 11 is 0. The number of guanidine groups is 1. The molecule has 0 spiro atoms. The number of carbonyl (C=O) groups is 1. The number of allylic oxidation sites excluding steroid dienone is 1. The molecule has 1 aliphatic heterocycles. The fraction of sp³-hybridized carbons (Fsp3) is 0.474. The first-order valence-corrected chi connectivity index (χ1v) is 8.72. The molecule has 0 bridgehead atoms. The van der Waals surface area contributed by atoms with Crippen LogP contribution in [0.25, 0.3) is 0 Å². The number of fused-ring (bicyclic) bond motifs is 1. The maximum absolute atomic E-state index is 12.1. The molecule has 1 amide bonds. The van der Waals surface area contributed by atoms with E-state index < -0.39 is 0 Å². The summed E-state index contributed by atoms with van der Waals surface area (Å²) in [5, 5.41) is 3.36. The molecule has 0 atom stereocenters. The van der Waals surface area contributed by atoms with Gasteiger partial charge in [-0.3, -0.25) is 9.79 Å². The number of amides is 1. The SMILES string of the molecule is C=CCCCN(C)C(=NC)NCCCN1C(=O)COc2ccccc21.I. The first kappa shape index (κ1) is 22.3. The van der Waals surface area contributed by atoms with E-state index in [2.05, 4.69) is 21.8 Å². The molecule has 0 saturated carbocycles. The van der Waals surface area contributed by atoms with Gasteiger partial charge < -0.3 is 19.9 Å². The largest absolute Gasteiger partial charge is 0.482 e. The van der Waals surface area contributed by atoms with Gasteiger partial charge in [-0.05, 0) is 31.4 Å². The highest BCUT2D eigenvalue weighted by molar-refractivity contribution is 14.0. The van der Waals surface area contributed by atoms with E-state index in [0.717, 1.165) is 49.7 Å². The van der Waals surface area contributed by atoms with Gasteiger partial charge in [0.2, 0.25) is 0 Å². The van der Waals surface area contributed by atoms with Crippen LogP contribution in [0.2, 0.25) is 0 Å². The first-order chi connectivity index (χ1) is 12.2. The summed E-state index contributed by atoms with van der Waals surface area (Å²) in [6, 6.07) is 7.66. The summed E-state index contributed by atoms with van der Waals surface area (Å²) in [7, 11) is 3.81. The molecule has 0 aromatic heterocycles. The molecule has 1 N–H and O–H groups in total. The Morgan fingerprint density at radius 3 is 2.92 bits per heavy atom. The molecule has 1 aliphatic rings. The molecule has 0 fully saturated rings. The average Bonchev–Trinajstić information content (AvgIpc) is 2.63. The Morgan fingerprint density at radius 2 is 2.19 bits per heavy atom. The zero-order valence-corrected chi connectivity index (χ0v) is 17.9. The molecule has 144 valence electrons. The molecule has 1 aromatic rings. The number of anilines is 1. The molecule has 0 unspecified atom stereocenters. The van der Waals surface area contributed by atoms with Crippen LogP contribution in [0, 0.1) is 0 Å². The van der Waals surface area contributed by atoms with E-state index in [1.807, 2.05) is 37.4 Å². The third kappa shape index (κ3) is 6.19. The van der Waals surface area contributed by atoms with Gasteiger partial charge in [-0.15, -0.1) is 30.6 Å². The van der Waals surface area contributed by atoms with Gasteiger partial charge in [0.05, 0.1) is 5.69 Å². The third-order valence-corrected chi connectivity index (χ3v) is 4.13. The van der Waals surface area contributed by atoms with Crippen LogP contribution in [0.15, 0.2) is 41.9 Å². The molecule has 0 aliphatic carbocycles. The minimum Gasteiger partial charge on any atom is -0.482 e. The van der Waals surface area contributed by atoms with Crippen LogP contribution in [0.3, 0.4) is 0 Å². The number of carbonyl (C=O) groups excluding carboxylic acids is 1. The standard InChI is InChI=1S/C19H28N4O2.HI/c1-4-5-8-13-22(3)19(20-2)21-12-9-14-23-16-10-6-7-11-17(16)25-15-18(23)24;/h4,6-7,10-11H,1,5,8-9,12-15H2,2-3H3,(H,20,21);1H. The van der Waals surface area contributed by atoms with E-state index in [1.165, 1.54) is 0 Å². The van der Waals surface area contributed by atoms with Crippen molar-refractivity contribution >= 4 is 41.5 Å². The summed E-state index contributed by atoms with van der Waals surface area (Å²) in [5.41, 5.74) is 0.852. The van der Waals surface area contributed by atoms with Gasteiger partial charge in [-0.1, -0.05) is 18.2 Å². The van der Waals surface area contributed by atoms with Crippen molar-refractivity contribution in [3.8, 4) is 5.75 Å². The topological polar surface area (TPSA) is 57.2 Å². The van der Waals surface area contributed by atoms with E-state index in [-0.39, 0.29) is 36.5 Å². The van der Waals surface area contributed by atoms with Gasteiger partial charge >= 0.3 is 0 Å². The number of benzene rings is 1. The van der Waals surface area contributed by atoms with Gasteiger partial charge in [-0.2, -0.15) is 0 Å². The molecule has 26 heavy (non-hydrogen) atoms. The number of aliphatic imine (C=N–C) groups is 1. The second kappa shape index (κ2) is 11.8. The second-order valence-corrected chi connectivity index (χ2v) is 5.98. The van der Waals surface area contributed by atoms with E-state index in [0.29, 0.717) is 6.54 Å². The van der Waals surface area contributed by atoms with E-state index in [1.54, 1.807) is 11.9 Å². The summed E-state index contributed by atoms with van der Waals surface area (Å²) in [6.45, 7) is 6.20. The fourth-order valence-electron chi connectivity index (χ4n) is 2.80. The Bertz CT molecular complexity index is 621. The summed E-state index contributed by atoms with van der Waals surface area (Å²) in [5.74, 6) is 1.65. The van der Waals surface area contributed by atoms with E-state index >= 15 is 0 Å². The van der Waals surface area contributed by atoms with Gasteiger partial charge in [0, 0.05) is 33.7 Å². The number of nitrogens with zero attached hydrogens (tertiary/aromatic N) is 3. The molecular weight excluding hydrogens is 443 g/mol. The Balaban J connectivity index is 0.00000338. The van der Waals surface area contributed by atoms with Gasteiger partial charge in [-0.25, -0.2) is 0 Å². The van der Waals surface area contributed by atoms with Crippen LogP contribution in [0.1, 0.15) is 19.3 Å². The Morgan fingerprint density at radius 1 is 1.42 bits per heavy atom. The molecule has 1 aromatic carbocycles. The molecule has 1 heterocycles. The molecule has 6 nitrogen and oxygen atoms in total. The predicted octanol–water partition coefficient (Wildman–Crippen LogP) is 2.89. The number of para-hydroxylation sites is 2. The summed E-state index contributed by atoms with van der Waals surface area (Å²) in [4.78, 5) is 20.4. The highest BCUT2D eigenvalue weighted by Gasteiger charge is 2.24. The van der Waals surface area contributed by atoms with Gasteiger partial charge in [0.1, 0.15) is 5.75 Å². The molecule has 0 radical (unpaired) electrons. The number of ether oxygens (including phenoxy) is 1. The van der Waals surface area contributed by atoms with Crippen LogP contribution in [-0.2, 0) is 4.79 Å². The Hall–Kier alpha value is -1.77. The highest BCUT2D eigenvalue weighted by atomic mass is 127.